The van der Waals surface area contributed by atoms with E-state index in [0.29, 0.717) is 11.5 Å². The molecule has 0 fully saturated rings. The van der Waals surface area contributed by atoms with Crippen molar-refractivity contribution in [3.63, 3.8) is 0 Å². The van der Waals surface area contributed by atoms with Gasteiger partial charge in [0.25, 0.3) is 0 Å². The first kappa shape index (κ1) is 16.8. The minimum absolute atomic E-state index is 0.106. The van der Waals surface area contributed by atoms with Crippen molar-refractivity contribution < 1.29 is 17.9 Å². The summed E-state index contributed by atoms with van der Waals surface area (Å²) in [5.41, 5.74) is -0.228. The van der Waals surface area contributed by atoms with Gasteiger partial charge in [-0.2, -0.15) is 0 Å². The maximum atomic E-state index is 11.3. The first-order valence-electron chi connectivity index (χ1n) is 6.40. The van der Waals surface area contributed by atoms with E-state index in [1.807, 2.05) is 32.9 Å². The molecule has 0 saturated heterocycles. The van der Waals surface area contributed by atoms with E-state index in [1.165, 1.54) is 0 Å². The Hall–Kier alpha value is -1.27. The molecule has 1 aromatic carbocycles. The predicted molar refractivity (Wildman–Crippen MR) is 79.4 cm³/mol. The van der Waals surface area contributed by atoms with Crippen LogP contribution in [0.1, 0.15) is 20.8 Å². The van der Waals surface area contributed by atoms with Crippen molar-refractivity contribution in [3.8, 4) is 11.5 Å². The second-order valence-electron chi connectivity index (χ2n) is 5.85. The molecule has 0 aromatic heterocycles. The number of ether oxygens (including phenoxy) is 2. The van der Waals surface area contributed by atoms with E-state index in [1.54, 1.807) is 19.2 Å². The number of hydrogen-bond acceptors (Lipinski definition) is 4. The summed E-state index contributed by atoms with van der Waals surface area (Å²) in [5.74, 6) is 0.905. The van der Waals surface area contributed by atoms with E-state index < -0.39 is 10.0 Å². The van der Waals surface area contributed by atoms with Crippen LogP contribution in [0.3, 0.4) is 0 Å². The quantitative estimate of drug-likeness (QED) is 0.872. The summed E-state index contributed by atoms with van der Waals surface area (Å²) in [6.45, 7) is 6.16. The molecule has 0 aliphatic rings. The van der Waals surface area contributed by atoms with Gasteiger partial charge in [-0.1, -0.05) is 32.9 Å². The summed E-state index contributed by atoms with van der Waals surface area (Å²) in [7, 11) is -1.97. The van der Waals surface area contributed by atoms with E-state index in [-0.39, 0.29) is 23.7 Å². The number of rotatable bonds is 6. The van der Waals surface area contributed by atoms with Crippen molar-refractivity contribution in [2.75, 3.05) is 19.5 Å². The van der Waals surface area contributed by atoms with Gasteiger partial charge in [-0.05, 0) is 17.5 Å². The van der Waals surface area contributed by atoms with Crippen LogP contribution in [0.5, 0.6) is 11.5 Å². The SMILES string of the molecule is COc1ccccc1OCC(CS(N)(=O)=O)C(C)(C)C. The van der Waals surface area contributed by atoms with E-state index in [4.69, 9.17) is 14.6 Å². The molecule has 1 unspecified atom stereocenters. The van der Waals surface area contributed by atoms with E-state index >= 15 is 0 Å². The Balaban J connectivity index is 2.81. The van der Waals surface area contributed by atoms with Crippen molar-refractivity contribution in [3.05, 3.63) is 24.3 Å². The fourth-order valence-electron chi connectivity index (χ4n) is 1.76. The fourth-order valence-corrected chi connectivity index (χ4v) is 2.91. The fraction of sp³-hybridized carbons (Fsp3) is 0.571. The second-order valence-corrected chi connectivity index (χ2v) is 7.51. The summed E-state index contributed by atoms with van der Waals surface area (Å²) in [6.07, 6.45) is 0. The van der Waals surface area contributed by atoms with Crippen molar-refractivity contribution in [1.29, 1.82) is 0 Å². The Morgan fingerprint density at radius 1 is 1.20 bits per heavy atom. The molecule has 0 aliphatic heterocycles. The van der Waals surface area contributed by atoms with Crippen LogP contribution in [0.15, 0.2) is 24.3 Å². The summed E-state index contributed by atoms with van der Waals surface area (Å²) >= 11 is 0. The second kappa shape index (κ2) is 6.45. The Bertz CT molecular complexity index is 534. The number of benzene rings is 1. The predicted octanol–water partition coefficient (Wildman–Crippen LogP) is 2.02. The van der Waals surface area contributed by atoms with Gasteiger partial charge in [-0.15, -0.1) is 0 Å². The molecule has 1 aromatic rings. The van der Waals surface area contributed by atoms with Crippen LogP contribution in [0.25, 0.3) is 0 Å². The van der Waals surface area contributed by atoms with Gasteiger partial charge in [0.1, 0.15) is 0 Å². The first-order valence-corrected chi connectivity index (χ1v) is 8.11. The lowest BCUT2D eigenvalue weighted by atomic mass is 9.82. The van der Waals surface area contributed by atoms with Crippen molar-refractivity contribution in [1.82, 2.24) is 0 Å². The zero-order valence-corrected chi connectivity index (χ0v) is 13.2. The summed E-state index contributed by atoms with van der Waals surface area (Å²) in [5, 5.41) is 5.15. The maximum absolute atomic E-state index is 11.3. The zero-order valence-electron chi connectivity index (χ0n) is 12.4. The molecule has 6 heteroatoms. The highest BCUT2D eigenvalue weighted by molar-refractivity contribution is 7.89. The van der Waals surface area contributed by atoms with Crippen LogP contribution in [-0.2, 0) is 10.0 Å². The number of methoxy groups -OCH3 is 1. The average molecular weight is 301 g/mol. The standard InChI is InChI=1S/C14H23NO4S/c1-14(2,3)11(10-20(15,16)17)9-19-13-8-6-5-7-12(13)18-4/h5-8,11H,9-10H2,1-4H3,(H2,15,16,17). The highest BCUT2D eigenvalue weighted by atomic mass is 32.2. The van der Waals surface area contributed by atoms with E-state index in [9.17, 15) is 8.42 Å². The van der Waals surface area contributed by atoms with Gasteiger partial charge in [0.05, 0.1) is 19.5 Å². The lowest BCUT2D eigenvalue weighted by molar-refractivity contribution is 0.159. The van der Waals surface area contributed by atoms with Crippen molar-refractivity contribution in [2.24, 2.45) is 16.5 Å². The maximum Gasteiger partial charge on any atom is 0.209 e. The topological polar surface area (TPSA) is 78.6 Å². The molecule has 0 aliphatic carbocycles. The molecule has 0 bridgehead atoms. The smallest absolute Gasteiger partial charge is 0.209 e. The molecule has 5 nitrogen and oxygen atoms in total. The largest absolute Gasteiger partial charge is 0.493 e. The van der Waals surface area contributed by atoms with Crippen LogP contribution in [0, 0.1) is 11.3 Å². The molecular formula is C14H23NO4S. The van der Waals surface area contributed by atoms with Crippen LogP contribution < -0.4 is 14.6 Å². The van der Waals surface area contributed by atoms with Gasteiger partial charge in [-0.25, -0.2) is 13.6 Å². The Morgan fingerprint density at radius 3 is 2.20 bits per heavy atom. The minimum atomic E-state index is -3.54. The first-order chi connectivity index (χ1) is 9.13. The van der Waals surface area contributed by atoms with Crippen LogP contribution in [-0.4, -0.2) is 27.9 Å². The van der Waals surface area contributed by atoms with E-state index in [2.05, 4.69) is 0 Å². The highest BCUT2D eigenvalue weighted by Crippen LogP contribution is 2.30. The van der Waals surface area contributed by atoms with Gasteiger partial charge in [0.15, 0.2) is 11.5 Å². The number of para-hydroxylation sites is 2. The van der Waals surface area contributed by atoms with Gasteiger partial charge in [0.2, 0.25) is 10.0 Å². The molecule has 0 heterocycles. The number of hydrogen-bond donors (Lipinski definition) is 1. The normalized spacial score (nSPS) is 13.8. The minimum Gasteiger partial charge on any atom is -0.493 e. The van der Waals surface area contributed by atoms with Gasteiger partial charge >= 0.3 is 0 Å². The third kappa shape index (κ3) is 5.38. The Labute approximate surface area is 121 Å². The molecule has 1 rings (SSSR count). The lowest BCUT2D eigenvalue weighted by Gasteiger charge is -2.30. The molecule has 20 heavy (non-hydrogen) atoms. The Morgan fingerprint density at radius 2 is 1.75 bits per heavy atom. The number of primary sulfonamides is 1. The average Bonchev–Trinajstić information content (AvgIpc) is 2.32. The number of sulfonamides is 1. The van der Waals surface area contributed by atoms with Crippen LogP contribution >= 0.6 is 0 Å². The summed E-state index contributed by atoms with van der Waals surface area (Å²) in [4.78, 5) is 0. The molecule has 2 N–H and O–H groups in total. The van der Waals surface area contributed by atoms with E-state index in [0.717, 1.165) is 0 Å². The number of nitrogens with two attached hydrogens (primary N) is 1. The lowest BCUT2D eigenvalue weighted by Crippen LogP contribution is -2.35. The van der Waals surface area contributed by atoms with Gasteiger partial charge in [0, 0.05) is 5.92 Å². The van der Waals surface area contributed by atoms with Crippen molar-refractivity contribution in [2.45, 2.75) is 20.8 Å². The monoisotopic (exact) mass is 301 g/mol. The molecule has 0 saturated carbocycles. The van der Waals surface area contributed by atoms with Gasteiger partial charge < -0.3 is 9.47 Å². The summed E-state index contributed by atoms with van der Waals surface area (Å²) < 4.78 is 33.6. The van der Waals surface area contributed by atoms with Crippen LogP contribution in [0.4, 0.5) is 0 Å². The van der Waals surface area contributed by atoms with Gasteiger partial charge in [-0.3, -0.25) is 0 Å². The third-order valence-electron chi connectivity index (χ3n) is 3.17. The van der Waals surface area contributed by atoms with Crippen LogP contribution in [0.2, 0.25) is 0 Å². The molecule has 0 radical (unpaired) electrons. The van der Waals surface area contributed by atoms with Crippen molar-refractivity contribution >= 4 is 10.0 Å². The highest BCUT2D eigenvalue weighted by Gasteiger charge is 2.29. The molecule has 114 valence electrons. The molecule has 1 atom stereocenters. The zero-order chi connectivity index (χ0) is 15.4. The molecule has 0 amide bonds. The third-order valence-corrected chi connectivity index (χ3v) is 4.03. The summed E-state index contributed by atoms with van der Waals surface area (Å²) in [6, 6.07) is 7.26. The Kier molecular flexibility index (Phi) is 5.42. The molecule has 0 spiro atoms. The molecular weight excluding hydrogens is 278 g/mol.